The van der Waals surface area contributed by atoms with Crippen molar-refractivity contribution in [2.45, 2.75) is 45.6 Å². The van der Waals surface area contributed by atoms with Crippen molar-refractivity contribution in [3.8, 4) is 16.8 Å². The molecule has 6 rings (SSSR count). The van der Waals surface area contributed by atoms with E-state index in [9.17, 15) is 4.79 Å². The van der Waals surface area contributed by atoms with E-state index in [1.54, 1.807) is 6.92 Å². The Hall–Kier alpha value is -4.02. The van der Waals surface area contributed by atoms with Crippen LogP contribution < -0.4 is 9.80 Å². The van der Waals surface area contributed by atoms with Gasteiger partial charge in [-0.05, 0) is 67.6 Å². The highest BCUT2D eigenvalue weighted by Gasteiger charge is 2.25. The van der Waals surface area contributed by atoms with Crippen molar-refractivity contribution in [1.82, 2.24) is 19.7 Å². The van der Waals surface area contributed by atoms with E-state index in [-0.39, 0.29) is 18.2 Å². The number of carbonyl (C=O) groups excluding carboxylic acids is 1. The minimum Gasteiger partial charge on any atom is -0.461 e. The summed E-state index contributed by atoms with van der Waals surface area (Å²) in [5, 5.41) is 6.01. The first-order valence-electron chi connectivity index (χ1n) is 15.3. The van der Waals surface area contributed by atoms with E-state index in [0.717, 1.165) is 78.5 Å². The lowest BCUT2D eigenvalue weighted by molar-refractivity contribution is 0.0520. The third kappa shape index (κ3) is 5.94. The Kier molecular flexibility index (Phi) is 8.58. The first-order valence-corrected chi connectivity index (χ1v) is 15.3. The summed E-state index contributed by atoms with van der Waals surface area (Å²) in [7, 11) is 2.09. The monoisotopic (exact) mass is 584 g/mol. The van der Waals surface area contributed by atoms with E-state index in [1.165, 1.54) is 0 Å². The topological polar surface area (TPSA) is 94.8 Å². The molecule has 0 bridgehead atoms. The van der Waals surface area contributed by atoms with Gasteiger partial charge in [0.1, 0.15) is 5.82 Å². The predicted octanol–water partition coefficient (Wildman–Crippen LogP) is 5.23. The minimum atomic E-state index is -0.463. The molecule has 2 aliphatic heterocycles. The van der Waals surface area contributed by atoms with Crippen LogP contribution in [0.15, 0.2) is 48.7 Å². The van der Waals surface area contributed by atoms with Gasteiger partial charge in [-0.25, -0.2) is 19.4 Å². The van der Waals surface area contributed by atoms with E-state index in [2.05, 4.69) is 48.9 Å². The molecule has 43 heavy (non-hydrogen) atoms. The quantitative estimate of drug-likeness (QED) is 0.258. The molecular weight excluding hydrogens is 544 g/mol. The Labute approximate surface area is 252 Å². The van der Waals surface area contributed by atoms with Gasteiger partial charge in [0.15, 0.2) is 11.3 Å². The molecular formula is C33H40N6O4. The second kappa shape index (κ2) is 12.7. The van der Waals surface area contributed by atoms with Crippen molar-refractivity contribution in [2.75, 3.05) is 63.0 Å². The average Bonchev–Trinajstić information content (AvgIpc) is 3.45. The number of pyridine rings is 2. The summed E-state index contributed by atoms with van der Waals surface area (Å²) in [5.41, 5.74) is 5.51. The van der Waals surface area contributed by atoms with Crippen LogP contribution in [-0.2, 0) is 14.2 Å². The van der Waals surface area contributed by atoms with Crippen LogP contribution in [0.25, 0.3) is 27.8 Å². The number of hydrogen-bond donors (Lipinski definition) is 0. The molecule has 0 aliphatic carbocycles. The maximum atomic E-state index is 13.1. The highest BCUT2D eigenvalue weighted by atomic mass is 16.5. The van der Waals surface area contributed by atoms with Crippen LogP contribution in [-0.4, -0.2) is 84.9 Å². The van der Waals surface area contributed by atoms with E-state index in [0.29, 0.717) is 24.9 Å². The van der Waals surface area contributed by atoms with Crippen molar-refractivity contribution in [1.29, 1.82) is 0 Å². The summed E-state index contributed by atoms with van der Waals surface area (Å²) in [5.74, 6) is 0.564. The largest absolute Gasteiger partial charge is 0.461 e. The van der Waals surface area contributed by atoms with Crippen molar-refractivity contribution in [3.05, 3.63) is 60.0 Å². The number of esters is 1. The number of anilines is 2. The Morgan fingerprint density at radius 1 is 1.05 bits per heavy atom. The zero-order chi connectivity index (χ0) is 29.9. The SMILES string of the molecule is CCOC(=O)c1cc(-c2ccc(N(C)C3CCOCC3)nc2)c2c(C(C)C)nn(-c3cccc(N4CCOCC4)c3)c2n1. The van der Waals surface area contributed by atoms with Crippen molar-refractivity contribution in [3.63, 3.8) is 0 Å². The van der Waals surface area contributed by atoms with E-state index in [4.69, 9.17) is 29.3 Å². The first kappa shape index (κ1) is 29.1. The molecule has 4 aromatic rings. The number of ether oxygens (including phenoxy) is 3. The van der Waals surface area contributed by atoms with Crippen molar-refractivity contribution >= 4 is 28.5 Å². The van der Waals surface area contributed by atoms with Crippen LogP contribution in [0.5, 0.6) is 0 Å². The zero-order valence-corrected chi connectivity index (χ0v) is 25.5. The summed E-state index contributed by atoms with van der Waals surface area (Å²) in [6.07, 6.45) is 3.85. The molecule has 2 fully saturated rings. The number of rotatable bonds is 8. The van der Waals surface area contributed by atoms with Gasteiger partial charge < -0.3 is 24.0 Å². The standard InChI is InChI=1S/C33H40N6O4/c1-5-43-33(40)28-20-27(23-9-10-29(34-21-23)37(4)24-11-15-41-16-12-24)30-31(22(2)3)36-39(32(30)35-28)26-8-6-7-25(19-26)38-13-17-42-18-14-38/h6-10,19-22,24H,5,11-18H2,1-4H3. The van der Waals surface area contributed by atoms with E-state index >= 15 is 0 Å². The van der Waals surface area contributed by atoms with E-state index < -0.39 is 5.97 Å². The van der Waals surface area contributed by atoms with Gasteiger partial charge in [0.2, 0.25) is 0 Å². The van der Waals surface area contributed by atoms with Gasteiger partial charge in [0, 0.05) is 56.8 Å². The van der Waals surface area contributed by atoms with Gasteiger partial charge in [0.05, 0.1) is 36.6 Å². The number of fused-ring (bicyclic) bond motifs is 1. The fourth-order valence-corrected chi connectivity index (χ4v) is 5.92. The molecule has 3 aromatic heterocycles. The van der Waals surface area contributed by atoms with Crippen LogP contribution in [0.1, 0.15) is 55.7 Å². The minimum absolute atomic E-state index is 0.118. The second-order valence-corrected chi connectivity index (χ2v) is 11.4. The summed E-state index contributed by atoms with van der Waals surface area (Å²) < 4.78 is 18.4. The van der Waals surface area contributed by atoms with Crippen LogP contribution >= 0.6 is 0 Å². The van der Waals surface area contributed by atoms with Gasteiger partial charge in [-0.15, -0.1) is 0 Å². The lowest BCUT2D eigenvalue weighted by atomic mass is 9.98. The number of hydrogen-bond acceptors (Lipinski definition) is 9. The number of aromatic nitrogens is 4. The molecule has 10 heteroatoms. The second-order valence-electron chi connectivity index (χ2n) is 11.4. The van der Waals surface area contributed by atoms with Gasteiger partial charge in [0.25, 0.3) is 0 Å². The van der Waals surface area contributed by atoms with Crippen molar-refractivity contribution < 1.29 is 19.0 Å². The summed E-state index contributed by atoms with van der Waals surface area (Å²) in [6.45, 7) is 11.0. The molecule has 0 spiro atoms. The van der Waals surface area contributed by atoms with Crippen LogP contribution in [0.2, 0.25) is 0 Å². The van der Waals surface area contributed by atoms with Crippen LogP contribution in [0.3, 0.4) is 0 Å². The summed E-state index contributed by atoms with van der Waals surface area (Å²) in [6, 6.07) is 14.6. The molecule has 0 saturated carbocycles. The van der Waals surface area contributed by atoms with Gasteiger partial charge in [-0.3, -0.25) is 0 Å². The molecule has 0 N–H and O–H groups in total. The molecule has 1 aromatic carbocycles. The van der Waals surface area contributed by atoms with Gasteiger partial charge >= 0.3 is 5.97 Å². The third-order valence-corrected chi connectivity index (χ3v) is 8.31. The maximum Gasteiger partial charge on any atom is 0.357 e. The normalized spacial score (nSPS) is 16.2. The highest BCUT2D eigenvalue weighted by Crippen LogP contribution is 2.36. The number of morpholine rings is 1. The molecule has 10 nitrogen and oxygen atoms in total. The Morgan fingerprint density at radius 2 is 1.79 bits per heavy atom. The molecule has 226 valence electrons. The van der Waals surface area contributed by atoms with Crippen LogP contribution in [0.4, 0.5) is 11.5 Å². The Bertz CT molecular complexity index is 1570. The highest BCUT2D eigenvalue weighted by molar-refractivity contribution is 6.00. The van der Waals surface area contributed by atoms with E-state index in [1.807, 2.05) is 35.1 Å². The lowest BCUT2D eigenvalue weighted by Crippen LogP contribution is -2.37. The molecule has 5 heterocycles. The smallest absolute Gasteiger partial charge is 0.357 e. The lowest BCUT2D eigenvalue weighted by Gasteiger charge is -2.32. The summed E-state index contributed by atoms with van der Waals surface area (Å²) >= 11 is 0. The fraction of sp³-hybridized carbons (Fsp3) is 0.455. The van der Waals surface area contributed by atoms with Gasteiger partial charge in [-0.1, -0.05) is 19.9 Å². The molecule has 0 radical (unpaired) electrons. The fourth-order valence-electron chi connectivity index (χ4n) is 5.92. The Balaban J connectivity index is 1.47. The molecule has 2 saturated heterocycles. The third-order valence-electron chi connectivity index (χ3n) is 8.31. The first-order chi connectivity index (χ1) is 20.9. The zero-order valence-electron chi connectivity index (χ0n) is 25.5. The average molecular weight is 585 g/mol. The Morgan fingerprint density at radius 3 is 2.49 bits per heavy atom. The van der Waals surface area contributed by atoms with Crippen molar-refractivity contribution in [2.24, 2.45) is 0 Å². The molecule has 0 amide bonds. The summed E-state index contributed by atoms with van der Waals surface area (Å²) in [4.78, 5) is 27.3. The number of carbonyl (C=O) groups is 1. The van der Waals surface area contributed by atoms with Gasteiger partial charge in [-0.2, -0.15) is 5.10 Å². The van der Waals surface area contributed by atoms with Crippen LogP contribution in [0, 0.1) is 0 Å². The molecule has 0 atom stereocenters. The number of nitrogens with zero attached hydrogens (tertiary/aromatic N) is 6. The predicted molar refractivity (Wildman–Crippen MR) is 167 cm³/mol. The number of benzene rings is 1. The maximum absolute atomic E-state index is 13.1. The molecule has 0 unspecified atom stereocenters. The molecule has 2 aliphatic rings.